The molecular formula is C10H17NO2S. The molecule has 0 saturated carbocycles. The Balaban J connectivity index is 3.04. The molecule has 0 radical (unpaired) electrons. The molecule has 0 aromatic carbocycles. The smallest absolute Gasteiger partial charge is 0.208 e. The first-order valence-corrected chi connectivity index (χ1v) is 5.61. The van der Waals surface area contributed by atoms with Gasteiger partial charge in [-0.3, -0.25) is 4.57 Å². The number of rotatable bonds is 3. The molecule has 0 saturated heterocycles. The SMILES string of the molecule is CC(C)Sc1cc(O)n(C(C)C)c1O. The first kappa shape index (κ1) is 11.3. The molecule has 0 fully saturated rings. The van der Waals surface area contributed by atoms with E-state index < -0.39 is 0 Å². The molecule has 80 valence electrons. The maximum atomic E-state index is 9.81. The predicted molar refractivity (Wildman–Crippen MR) is 59.1 cm³/mol. The highest BCUT2D eigenvalue weighted by atomic mass is 32.2. The minimum atomic E-state index is 0.0662. The van der Waals surface area contributed by atoms with Crippen LogP contribution in [0.2, 0.25) is 0 Å². The second-order valence-electron chi connectivity index (χ2n) is 3.82. The summed E-state index contributed by atoms with van der Waals surface area (Å²) in [5, 5.41) is 19.8. The van der Waals surface area contributed by atoms with Gasteiger partial charge in [0.05, 0.1) is 4.90 Å². The predicted octanol–water partition coefficient (Wildman–Crippen LogP) is 2.98. The number of hydrogen-bond donors (Lipinski definition) is 2. The normalized spacial score (nSPS) is 11.6. The van der Waals surface area contributed by atoms with E-state index in [2.05, 4.69) is 0 Å². The van der Waals surface area contributed by atoms with Crippen molar-refractivity contribution >= 4 is 11.8 Å². The van der Waals surface area contributed by atoms with Crippen molar-refractivity contribution in [2.24, 2.45) is 0 Å². The van der Waals surface area contributed by atoms with Crippen molar-refractivity contribution in [2.45, 2.75) is 43.9 Å². The van der Waals surface area contributed by atoms with Crippen LogP contribution in [0, 0.1) is 0 Å². The zero-order chi connectivity index (χ0) is 10.9. The summed E-state index contributed by atoms with van der Waals surface area (Å²) in [5.41, 5.74) is 0. The molecule has 0 aliphatic carbocycles. The highest BCUT2D eigenvalue weighted by Crippen LogP contribution is 2.39. The number of aromatic hydroxyl groups is 2. The average molecular weight is 215 g/mol. The summed E-state index contributed by atoms with van der Waals surface area (Å²) in [7, 11) is 0. The maximum Gasteiger partial charge on any atom is 0.208 e. The van der Waals surface area contributed by atoms with Crippen molar-refractivity contribution < 1.29 is 10.2 Å². The van der Waals surface area contributed by atoms with Crippen LogP contribution in [0.1, 0.15) is 33.7 Å². The molecule has 1 aromatic heterocycles. The molecule has 0 bridgehead atoms. The number of thioether (sulfide) groups is 1. The Kier molecular flexibility index (Phi) is 3.37. The average Bonchev–Trinajstić information content (AvgIpc) is 2.25. The van der Waals surface area contributed by atoms with Gasteiger partial charge in [-0.05, 0) is 13.8 Å². The second kappa shape index (κ2) is 4.17. The maximum absolute atomic E-state index is 9.81. The van der Waals surface area contributed by atoms with Crippen LogP contribution < -0.4 is 0 Å². The quantitative estimate of drug-likeness (QED) is 0.762. The van der Waals surface area contributed by atoms with E-state index in [-0.39, 0.29) is 17.8 Å². The lowest BCUT2D eigenvalue weighted by atomic mass is 10.4. The van der Waals surface area contributed by atoms with E-state index in [1.165, 1.54) is 4.57 Å². The van der Waals surface area contributed by atoms with E-state index in [9.17, 15) is 10.2 Å². The van der Waals surface area contributed by atoms with Crippen molar-refractivity contribution in [3.63, 3.8) is 0 Å². The van der Waals surface area contributed by atoms with Gasteiger partial charge >= 0.3 is 0 Å². The summed E-state index contributed by atoms with van der Waals surface area (Å²) < 4.78 is 1.52. The minimum absolute atomic E-state index is 0.0662. The Morgan fingerprint density at radius 1 is 1.21 bits per heavy atom. The zero-order valence-corrected chi connectivity index (χ0v) is 9.80. The number of hydrogen-bond acceptors (Lipinski definition) is 3. The van der Waals surface area contributed by atoms with Crippen molar-refractivity contribution in [1.82, 2.24) is 4.57 Å². The van der Waals surface area contributed by atoms with Crippen molar-refractivity contribution in [1.29, 1.82) is 0 Å². The third-order valence-corrected chi connectivity index (χ3v) is 2.86. The van der Waals surface area contributed by atoms with Crippen molar-refractivity contribution in [3.8, 4) is 11.8 Å². The summed E-state index contributed by atoms with van der Waals surface area (Å²) in [6.07, 6.45) is 0. The lowest BCUT2D eigenvalue weighted by Crippen LogP contribution is -1.98. The fourth-order valence-electron chi connectivity index (χ4n) is 1.33. The molecule has 1 aromatic rings. The van der Waals surface area contributed by atoms with Crippen molar-refractivity contribution in [2.75, 3.05) is 0 Å². The van der Waals surface area contributed by atoms with E-state index in [1.54, 1.807) is 17.8 Å². The molecule has 3 nitrogen and oxygen atoms in total. The molecule has 0 unspecified atom stereocenters. The fourth-order valence-corrected chi connectivity index (χ4v) is 2.21. The molecule has 0 atom stereocenters. The minimum Gasteiger partial charge on any atom is -0.494 e. The standard InChI is InChI=1S/C10H17NO2S/c1-6(2)11-9(12)5-8(10(11)13)14-7(3)4/h5-7,12-13H,1-4H3. The van der Waals surface area contributed by atoms with Crippen LogP contribution >= 0.6 is 11.8 Å². The summed E-state index contributed by atoms with van der Waals surface area (Å²) in [6.45, 7) is 7.94. The summed E-state index contributed by atoms with van der Waals surface area (Å²) >= 11 is 1.55. The zero-order valence-electron chi connectivity index (χ0n) is 8.98. The van der Waals surface area contributed by atoms with Crippen LogP contribution in [0.25, 0.3) is 0 Å². The van der Waals surface area contributed by atoms with Gasteiger partial charge in [-0.1, -0.05) is 13.8 Å². The monoisotopic (exact) mass is 215 g/mol. The van der Waals surface area contributed by atoms with Crippen LogP contribution in [0.4, 0.5) is 0 Å². The van der Waals surface area contributed by atoms with E-state index in [0.29, 0.717) is 5.25 Å². The van der Waals surface area contributed by atoms with Gasteiger partial charge in [0.25, 0.3) is 0 Å². The molecule has 4 heteroatoms. The lowest BCUT2D eigenvalue weighted by molar-refractivity contribution is 0.346. The molecule has 0 amide bonds. The number of aromatic nitrogens is 1. The Hall–Kier alpha value is -0.770. The van der Waals surface area contributed by atoms with Crippen LogP contribution in [0.5, 0.6) is 11.8 Å². The van der Waals surface area contributed by atoms with E-state index in [4.69, 9.17) is 0 Å². The molecule has 0 aliphatic heterocycles. The van der Waals surface area contributed by atoms with Crippen LogP contribution in [0.3, 0.4) is 0 Å². The first-order valence-electron chi connectivity index (χ1n) is 4.73. The molecule has 0 aliphatic rings. The van der Waals surface area contributed by atoms with Gasteiger partial charge in [0.1, 0.15) is 0 Å². The van der Waals surface area contributed by atoms with Gasteiger partial charge in [-0.2, -0.15) is 0 Å². The third-order valence-electron chi connectivity index (χ3n) is 1.83. The van der Waals surface area contributed by atoms with Crippen molar-refractivity contribution in [3.05, 3.63) is 6.07 Å². The summed E-state index contributed by atoms with van der Waals surface area (Å²) in [6, 6.07) is 1.68. The van der Waals surface area contributed by atoms with Crippen LogP contribution in [-0.4, -0.2) is 20.0 Å². The highest BCUT2D eigenvalue weighted by Gasteiger charge is 2.16. The van der Waals surface area contributed by atoms with E-state index in [0.717, 1.165) is 4.90 Å². The summed E-state index contributed by atoms with van der Waals surface area (Å²) in [5.74, 6) is 0.289. The molecule has 1 heterocycles. The molecule has 0 spiro atoms. The van der Waals surface area contributed by atoms with Gasteiger partial charge in [-0.15, -0.1) is 11.8 Å². The van der Waals surface area contributed by atoms with Gasteiger partial charge in [0.15, 0.2) is 5.88 Å². The van der Waals surface area contributed by atoms with Gasteiger partial charge < -0.3 is 10.2 Å². The van der Waals surface area contributed by atoms with E-state index in [1.807, 2.05) is 27.7 Å². The molecule has 1 rings (SSSR count). The van der Waals surface area contributed by atoms with Crippen LogP contribution in [0.15, 0.2) is 11.0 Å². The highest BCUT2D eigenvalue weighted by molar-refractivity contribution is 8.00. The second-order valence-corrected chi connectivity index (χ2v) is 5.44. The van der Waals surface area contributed by atoms with E-state index >= 15 is 0 Å². The Labute approximate surface area is 88.8 Å². The fraction of sp³-hybridized carbons (Fsp3) is 0.600. The lowest BCUT2D eigenvalue weighted by Gasteiger charge is -2.10. The molecule has 14 heavy (non-hydrogen) atoms. The largest absolute Gasteiger partial charge is 0.494 e. The van der Waals surface area contributed by atoms with Gasteiger partial charge in [0, 0.05) is 17.4 Å². The van der Waals surface area contributed by atoms with Gasteiger partial charge in [0.2, 0.25) is 5.88 Å². The summed E-state index contributed by atoms with van der Waals surface area (Å²) in [4.78, 5) is 0.742. The number of nitrogens with zero attached hydrogens (tertiary/aromatic N) is 1. The molecular weight excluding hydrogens is 198 g/mol. The molecule has 2 N–H and O–H groups in total. The first-order chi connectivity index (χ1) is 6.43. The Morgan fingerprint density at radius 2 is 1.79 bits per heavy atom. The topological polar surface area (TPSA) is 45.4 Å². The Bertz CT molecular complexity index is 318. The Morgan fingerprint density at radius 3 is 2.14 bits per heavy atom. The van der Waals surface area contributed by atoms with Gasteiger partial charge in [-0.25, -0.2) is 0 Å². The third kappa shape index (κ3) is 2.18. The van der Waals surface area contributed by atoms with Crippen LogP contribution in [-0.2, 0) is 0 Å².